The lowest BCUT2D eigenvalue weighted by molar-refractivity contribution is 0.228. The molecule has 0 amide bonds. The molecule has 1 N–H and O–H groups in total. The second kappa shape index (κ2) is 6.60. The Morgan fingerprint density at radius 1 is 1.19 bits per heavy atom. The van der Waals surface area contributed by atoms with Crippen molar-refractivity contribution in [1.82, 2.24) is 9.62 Å². The van der Waals surface area contributed by atoms with Crippen LogP contribution in [0.3, 0.4) is 0 Å². The topological polar surface area (TPSA) is 49.4 Å². The Morgan fingerprint density at radius 2 is 1.90 bits per heavy atom. The molecule has 0 bridgehead atoms. The van der Waals surface area contributed by atoms with E-state index in [-0.39, 0.29) is 27.3 Å². The molecule has 1 aromatic rings. The van der Waals surface area contributed by atoms with Crippen LogP contribution in [0.5, 0.6) is 0 Å². The summed E-state index contributed by atoms with van der Waals surface area (Å²) in [5.74, 6) is 0.993. The van der Waals surface area contributed by atoms with Crippen LogP contribution < -0.4 is 5.32 Å². The molecule has 3 rings (SSSR count). The van der Waals surface area contributed by atoms with Gasteiger partial charge in [-0.2, -0.15) is 4.31 Å². The molecule has 0 saturated carbocycles. The number of piperidine rings is 1. The van der Waals surface area contributed by atoms with Gasteiger partial charge in [0.05, 0.1) is 10.0 Å². The summed E-state index contributed by atoms with van der Waals surface area (Å²) in [6.45, 7) is 2.99. The van der Waals surface area contributed by atoms with Crippen molar-refractivity contribution in [1.29, 1.82) is 0 Å². The van der Waals surface area contributed by atoms with Gasteiger partial charge >= 0.3 is 0 Å². The molecule has 2 heterocycles. The van der Waals surface area contributed by atoms with Crippen LogP contribution in [0.4, 0.5) is 0 Å². The smallest absolute Gasteiger partial charge is 0.244 e. The zero-order chi connectivity index (χ0) is 14.3. The third-order valence-corrected chi connectivity index (χ3v) is 7.04. The number of nitrogens with one attached hydrogen (secondary N) is 1. The summed E-state index contributed by atoms with van der Waals surface area (Å²) in [6.07, 6.45) is 0.898. The van der Waals surface area contributed by atoms with E-state index in [2.05, 4.69) is 5.32 Å². The Morgan fingerprint density at radius 3 is 2.67 bits per heavy atom. The molecule has 1 aromatic carbocycles. The Balaban J connectivity index is 0.00000161. The zero-order valence-corrected chi connectivity index (χ0v) is 14.4. The minimum Gasteiger partial charge on any atom is -0.316 e. The van der Waals surface area contributed by atoms with Gasteiger partial charge in [0, 0.05) is 13.1 Å². The minimum atomic E-state index is -3.56. The summed E-state index contributed by atoms with van der Waals surface area (Å²) in [5, 5.41) is 3.71. The molecule has 2 unspecified atom stereocenters. The number of hydrogen-bond donors (Lipinski definition) is 1. The van der Waals surface area contributed by atoms with Gasteiger partial charge in [0.15, 0.2) is 0 Å². The summed E-state index contributed by atoms with van der Waals surface area (Å²) in [7, 11) is -3.56. The van der Waals surface area contributed by atoms with Crippen LogP contribution in [-0.2, 0) is 10.0 Å². The lowest BCUT2D eigenvalue weighted by Gasteiger charge is -2.33. The van der Waals surface area contributed by atoms with Crippen LogP contribution in [0.1, 0.15) is 6.42 Å². The number of nitrogens with zero attached hydrogens (tertiary/aromatic N) is 1. The molecule has 118 valence electrons. The fourth-order valence-corrected chi connectivity index (χ4v) is 5.29. The highest BCUT2D eigenvalue weighted by molar-refractivity contribution is 7.89. The van der Waals surface area contributed by atoms with E-state index in [1.54, 1.807) is 16.4 Å². The van der Waals surface area contributed by atoms with E-state index in [0.717, 1.165) is 19.5 Å². The fourth-order valence-electron chi connectivity index (χ4n) is 3.04. The van der Waals surface area contributed by atoms with Crippen molar-refractivity contribution < 1.29 is 8.42 Å². The first-order valence-corrected chi connectivity index (χ1v) is 8.84. The van der Waals surface area contributed by atoms with Crippen molar-refractivity contribution in [2.45, 2.75) is 11.3 Å². The van der Waals surface area contributed by atoms with Crippen LogP contribution in [0.15, 0.2) is 23.1 Å². The maximum atomic E-state index is 12.7. The molecular formula is C13H17Cl3N2O2S. The number of hydrogen-bond acceptors (Lipinski definition) is 3. The van der Waals surface area contributed by atoms with Crippen LogP contribution in [0, 0.1) is 11.8 Å². The number of halogens is 3. The normalized spacial score (nSPS) is 26.2. The van der Waals surface area contributed by atoms with Crippen LogP contribution in [-0.4, -0.2) is 38.9 Å². The molecule has 2 fully saturated rings. The van der Waals surface area contributed by atoms with Gasteiger partial charge in [0.1, 0.15) is 4.90 Å². The highest BCUT2D eigenvalue weighted by Gasteiger charge is 2.38. The van der Waals surface area contributed by atoms with E-state index < -0.39 is 10.0 Å². The second-order valence-corrected chi connectivity index (χ2v) is 8.07. The van der Waals surface area contributed by atoms with Crippen LogP contribution >= 0.6 is 35.6 Å². The maximum Gasteiger partial charge on any atom is 0.244 e. The van der Waals surface area contributed by atoms with E-state index in [9.17, 15) is 8.42 Å². The minimum absolute atomic E-state index is 0. The van der Waals surface area contributed by atoms with Gasteiger partial charge in [-0.15, -0.1) is 12.4 Å². The molecule has 0 aliphatic carbocycles. The van der Waals surface area contributed by atoms with E-state index in [0.29, 0.717) is 24.9 Å². The molecule has 21 heavy (non-hydrogen) atoms. The first kappa shape index (κ1) is 17.3. The molecule has 0 spiro atoms. The summed E-state index contributed by atoms with van der Waals surface area (Å²) >= 11 is 12.0. The second-order valence-electron chi connectivity index (χ2n) is 5.38. The fraction of sp³-hybridized carbons (Fsp3) is 0.538. The van der Waals surface area contributed by atoms with Gasteiger partial charge in [-0.05, 0) is 43.5 Å². The lowest BCUT2D eigenvalue weighted by Crippen LogP contribution is -2.43. The Bertz CT molecular complexity index is 624. The van der Waals surface area contributed by atoms with Gasteiger partial charge in [-0.25, -0.2) is 8.42 Å². The molecule has 0 radical (unpaired) electrons. The summed E-state index contributed by atoms with van der Waals surface area (Å²) in [5.41, 5.74) is 0. The van der Waals surface area contributed by atoms with Crippen molar-refractivity contribution in [3.63, 3.8) is 0 Å². The highest BCUT2D eigenvalue weighted by Crippen LogP contribution is 2.34. The summed E-state index contributed by atoms with van der Waals surface area (Å²) in [4.78, 5) is 0.107. The lowest BCUT2D eigenvalue weighted by atomic mass is 9.90. The van der Waals surface area contributed by atoms with Crippen LogP contribution in [0.2, 0.25) is 10.0 Å². The molecule has 2 aliphatic rings. The SMILES string of the molecule is Cl.O=S(=O)(c1cccc(Cl)c1Cl)N1CCC2CNCC2C1. The van der Waals surface area contributed by atoms with Gasteiger partial charge in [0.25, 0.3) is 0 Å². The van der Waals surface area contributed by atoms with Crippen molar-refractivity contribution >= 4 is 45.6 Å². The molecular weight excluding hydrogens is 355 g/mol. The van der Waals surface area contributed by atoms with E-state index in [1.807, 2.05) is 0 Å². The molecule has 4 nitrogen and oxygen atoms in total. The van der Waals surface area contributed by atoms with E-state index in [4.69, 9.17) is 23.2 Å². The van der Waals surface area contributed by atoms with Crippen molar-refractivity contribution in [2.75, 3.05) is 26.2 Å². The quantitative estimate of drug-likeness (QED) is 0.869. The average molecular weight is 372 g/mol. The van der Waals surface area contributed by atoms with Gasteiger partial charge in [0.2, 0.25) is 10.0 Å². The largest absolute Gasteiger partial charge is 0.316 e. The van der Waals surface area contributed by atoms with Crippen molar-refractivity contribution in [3.05, 3.63) is 28.2 Å². The third-order valence-electron chi connectivity index (χ3n) is 4.20. The summed E-state index contributed by atoms with van der Waals surface area (Å²) in [6, 6.07) is 4.73. The predicted molar refractivity (Wildman–Crippen MR) is 86.9 cm³/mol. The Kier molecular flexibility index (Phi) is 5.45. The molecule has 0 aromatic heterocycles. The first-order valence-electron chi connectivity index (χ1n) is 6.65. The van der Waals surface area contributed by atoms with Gasteiger partial charge in [-0.3, -0.25) is 0 Å². The standard InChI is InChI=1S/C13H16Cl2N2O2S.ClH/c14-11-2-1-3-12(13(11)15)20(18,19)17-5-4-9-6-16-7-10(9)8-17;/h1-3,9-10,16H,4-8H2;1H. The number of rotatable bonds is 2. The maximum absolute atomic E-state index is 12.7. The average Bonchev–Trinajstić information content (AvgIpc) is 2.89. The number of sulfonamides is 1. The Labute approximate surface area is 141 Å². The molecule has 2 atom stereocenters. The van der Waals surface area contributed by atoms with Gasteiger partial charge < -0.3 is 5.32 Å². The molecule has 8 heteroatoms. The number of fused-ring (bicyclic) bond motifs is 1. The zero-order valence-electron chi connectivity index (χ0n) is 11.3. The molecule has 2 saturated heterocycles. The van der Waals surface area contributed by atoms with Crippen molar-refractivity contribution in [3.8, 4) is 0 Å². The monoisotopic (exact) mass is 370 g/mol. The van der Waals surface area contributed by atoms with Crippen molar-refractivity contribution in [2.24, 2.45) is 11.8 Å². The Hall–Kier alpha value is -0.0400. The van der Waals surface area contributed by atoms with E-state index >= 15 is 0 Å². The first-order chi connectivity index (χ1) is 9.50. The predicted octanol–water partition coefficient (Wildman–Crippen LogP) is 2.65. The number of benzene rings is 1. The molecule has 2 aliphatic heterocycles. The van der Waals surface area contributed by atoms with Crippen LogP contribution in [0.25, 0.3) is 0 Å². The highest BCUT2D eigenvalue weighted by atomic mass is 35.5. The summed E-state index contributed by atoms with van der Waals surface area (Å²) < 4.78 is 27.0. The third kappa shape index (κ3) is 3.19. The van der Waals surface area contributed by atoms with Gasteiger partial charge in [-0.1, -0.05) is 29.3 Å². The van der Waals surface area contributed by atoms with E-state index in [1.165, 1.54) is 6.07 Å².